The van der Waals surface area contributed by atoms with Crippen LogP contribution in [-0.4, -0.2) is 30.7 Å². The molecule has 2 unspecified atom stereocenters. The third kappa shape index (κ3) is 3.93. The number of piperidine rings is 1. The molecular formula is C14H16F4N2O. The van der Waals surface area contributed by atoms with Crippen LogP contribution < -0.4 is 10.6 Å². The largest absolute Gasteiger partial charge is 0.403 e. The molecule has 2 atom stereocenters. The van der Waals surface area contributed by atoms with E-state index in [0.717, 1.165) is 6.07 Å². The van der Waals surface area contributed by atoms with Crippen LogP contribution in [0, 0.1) is 12.7 Å². The highest BCUT2D eigenvalue weighted by Crippen LogP contribution is 2.26. The van der Waals surface area contributed by atoms with Gasteiger partial charge in [-0.25, -0.2) is 4.39 Å². The van der Waals surface area contributed by atoms with Gasteiger partial charge in [0.15, 0.2) is 0 Å². The van der Waals surface area contributed by atoms with Gasteiger partial charge < -0.3 is 10.6 Å². The van der Waals surface area contributed by atoms with Crippen LogP contribution in [0.2, 0.25) is 0 Å². The number of amides is 1. The first kappa shape index (κ1) is 15.8. The van der Waals surface area contributed by atoms with Gasteiger partial charge in [0.25, 0.3) is 5.91 Å². The summed E-state index contributed by atoms with van der Waals surface area (Å²) in [6.07, 6.45) is -4.12. The van der Waals surface area contributed by atoms with Crippen molar-refractivity contribution >= 4 is 5.91 Å². The van der Waals surface area contributed by atoms with E-state index in [1.165, 1.54) is 12.1 Å². The van der Waals surface area contributed by atoms with E-state index in [0.29, 0.717) is 5.56 Å². The molecule has 3 nitrogen and oxygen atoms in total. The van der Waals surface area contributed by atoms with Crippen molar-refractivity contribution in [1.29, 1.82) is 0 Å². The first-order valence-corrected chi connectivity index (χ1v) is 6.64. The average Bonchev–Trinajstić information content (AvgIpc) is 2.41. The fourth-order valence-electron chi connectivity index (χ4n) is 2.36. The van der Waals surface area contributed by atoms with E-state index in [1.807, 2.05) is 0 Å². The SMILES string of the molecule is Cc1ccc(F)cc1C(=O)NC1CCC(C(F)(F)F)NC1. The van der Waals surface area contributed by atoms with Gasteiger partial charge >= 0.3 is 6.18 Å². The molecule has 1 aromatic rings. The predicted octanol–water partition coefficient (Wildman–Crippen LogP) is 2.55. The van der Waals surface area contributed by atoms with Gasteiger partial charge in [-0.05, 0) is 37.5 Å². The molecule has 1 amide bonds. The van der Waals surface area contributed by atoms with E-state index in [4.69, 9.17) is 0 Å². The predicted molar refractivity (Wildman–Crippen MR) is 69.5 cm³/mol. The van der Waals surface area contributed by atoms with Crippen LogP contribution in [0.15, 0.2) is 18.2 Å². The molecule has 1 aromatic carbocycles. The van der Waals surface area contributed by atoms with Crippen LogP contribution in [0.25, 0.3) is 0 Å². The molecule has 0 radical (unpaired) electrons. The molecule has 1 aliphatic heterocycles. The van der Waals surface area contributed by atoms with E-state index < -0.39 is 30.0 Å². The number of carbonyl (C=O) groups excluding carboxylic acids is 1. The lowest BCUT2D eigenvalue weighted by molar-refractivity contribution is -0.160. The Hall–Kier alpha value is -1.63. The summed E-state index contributed by atoms with van der Waals surface area (Å²) < 4.78 is 50.7. The van der Waals surface area contributed by atoms with Crippen molar-refractivity contribution in [2.45, 2.75) is 38.0 Å². The van der Waals surface area contributed by atoms with Gasteiger partial charge in [0.2, 0.25) is 0 Å². The van der Waals surface area contributed by atoms with Gasteiger partial charge in [0.05, 0.1) is 0 Å². The number of halogens is 4. The topological polar surface area (TPSA) is 41.1 Å². The average molecular weight is 304 g/mol. The molecule has 2 N–H and O–H groups in total. The molecule has 7 heteroatoms. The van der Waals surface area contributed by atoms with Crippen LogP contribution in [-0.2, 0) is 0 Å². The second-order valence-electron chi connectivity index (χ2n) is 5.21. The Labute approximate surface area is 119 Å². The summed E-state index contributed by atoms with van der Waals surface area (Å²) in [4.78, 5) is 12.0. The third-order valence-electron chi connectivity index (χ3n) is 3.59. The summed E-state index contributed by atoms with van der Waals surface area (Å²) in [6, 6.07) is 1.95. The van der Waals surface area contributed by atoms with Gasteiger partial charge in [-0.3, -0.25) is 4.79 Å². The first-order valence-electron chi connectivity index (χ1n) is 6.64. The van der Waals surface area contributed by atoms with Crippen LogP contribution in [0.3, 0.4) is 0 Å². The molecule has 0 aliphatic carbocycles. The molecule has 0 aromatic heterocycles. The summed E-state index contributed by atoms with van der Waals surface area (Å²) in [6.45, 7) is 1.72. The maximum atomic E-state index is 13.2. The summed E-state index contributed by atoms with van der Waals surface area (Å²) >= 11 is 0. The zero-order valence-electron chi connectivity index (χ0n) is 11.4. The Balaban J connectivity index is 1.94. The van der Waals surface area contributed by atoms with Crippen molar-refractivity contribution in [3.05, 3.63) is 35.1 Å². The molecule has 0 spiro atoms. The Bertz CT molecular complexity index is 522. The zero-order valence-corrected chi connectivity index (χ0v) is 11.4. The second kappa shape index (κ2) is 6.01. The lowest BCUT2D eigenvalue weighted by Crippen LogP contribution is -2.54. The summed E-state index contributed by atoms with van der Waals surface area (Å²) in [5.74, 6) is -0.992. The molecule has 116 valence electrons. The van der Waals surface area contributed by atoms with E-state index in [1.54, 1.807) is 6.92 Å². The molecular weight excluding hydrogens is 288 g/mol. The fourth-order valence-corrected chi connectivity index (χ4v) is 2.36. The lowest BCUT2D eigenvalue weighted by atomic mass is 9.99. The molecule has 0 bridgehead atoms. The Morgan fingerprint density at radius 1 is 1.33 bits per heavy atom. The van der Waals surface area contributed by atoms with Crippen LogP contribution >= 0.6 is 0 Å². The highest BCUT2D eigenvalue weighted by atomic mass is 19.4. The maximum Gasteiger partial charge on any atom is 0.403 e. The van der Waals surface area contributed by atoms with Gasteiger partial charge in [-0.2, -0.15) is 13.2 Å². The summed E-state index contributed by atoms with van der Waals surface area (Å²) in [5.41, 5.74) is 0.818. The number of hydrogen-bond acceptors (Lipinski definition) is 2. The van der Waals surface area contributed by atoms with Crippen molar-refractivity contribution < 1.29 is 22.4 Å². The van der Waals surface area contributed by atoms with E-state index in [9.17, 15) is 22.4 Å². The number of nitrogens with one attached hydrogen (secondary N) is 2. The van der Waals surface area contributed by atoms with Gasteiger partial charge in [0, 0.05) is 18.2 Å². The first-order chi connectivity index (χ1) is 9.77. The number of carbonyl (C=O) groups is 1. The third-order valence-corrected chi connectivity index (χ3v) is 3.59. The van der Waals surface area contributed by atoms with Gasteiger partial charge in [-0.15, -0.1) is 0 Å². The standard InChI is InChI=1S/C14H16F4N2O/c1-8-2-3-9(15)6-11(8)13(21)20-10-4-5-12(19-7-10)14(16,17)18/h2-3,6,10,12,19H,4-5,7H2,1H3,(H,20,21). The fraction of sp³-hybridized carbons (Fsp3) is 0.500. The molecule has 0 saturated carbocycles. The minimum Gasteiger partial charge on any atom is -0.348 e. The van der Waals surface area contributed by atoms with Crippen molar-refractivity contribution in [3.8, 4) is 0 Å². The number of rotatable bonds is 2. The molecule has 21 heavy (non-hydrogen) atoms. The Morgan fingerprint density at radius 3 is 2.62 bits per heavy atom. The van der Waals surface area contributed by atoms with E-state index >= 15 is 0 Å². The van der Waals surface area contributed by atoms with Crippen molar-refractivity contribution in [3.63, 3.8) is 0 Å². The lowest BCUT2D eigenvalue weighted by Gasteiger charge is -2.31. The van der Waals surface area contributed by atoms with Gasteiger partial charge in [0.1, 0.15) is 11.9 Å². The highest BCUT2D eigenvalue weighted by Gasteiger charge is 2.41. The quantitative estimate of drug-likeness (QED) is 0.825. The van der Waals surface area contributed by atoms with E-state index in [2.05, 4.69) is 10.6 Å². The second-order valence-corrected chi connectivity index (χ2v) is 5.21. The van der Waals surface area contributed by atoms with Gasteiger partial charge in [-0.1, -0.05) is 6.07 Å². The van der Waals surface area contributed by atoms with Crippen molar-refractivity contribution in [2.24, 2.45) is 0 Å². The minimum absolute atomic E-state index is 0.0459. The van der Waals surface area contributed by atoms with Crippen LogP contribution in [0.4, 0.5) is 17.6 Å². The Kier molecular flexibility index (Phi) is 4.51. The van der Waals surface area contributed by atoms with Crippen molar-refractivity contribution in [1.82, 2.24) is 10.6 Å². The van der Waals surface area contributed by atoms with Crippen LogP contribution in [0.5, 0.6) is 0 Å². The molecule has 1 saturated heterocycles. The molecule has 1 fully saturated rings. The number of benzene rings is 1. The molecule has 2 rings (SSSR count). The highest BCUT2D eigenvalue weighted by molar-refractivity contribution is 5.95. The maximum absolute atomic E-state index is 13.2. The zero-order chi connectivity index (χ0) is 15.6. The summed E-state index contributed by atoms with van der Waals surface area (Å²) in [5, 5.41) is 5.02. The smallest absolute Gasteiger partial charge is 0.348 e. The molecule has 1 heterocycles. The molecule has 1 aliphatic rings. The number of aryl methyl sites for hydroxylation is 1. The Morgan fingerprint density at radius 2 is 2.05 bits per heavy atom. The number of alkyl halides is 3. The summed E-state index contributed by atoms with van der Waals surface area (Å²) in [7, 11) is 0. The number of hydrogen-bond donors (Lipinski definition) is 2. The monoisotopic (exact) mass is 304 g/mol. The minimum atomic E-state index is -4.27. The van der Waals surface area contributed by atoms with Crippen LogP contribution in [0.1, 0.15) is 28.8 Å². The normalized spacial score (nSPS) is 22.9. The van der Waals surface area contributed by atoms with Crippen molar-refractivity contribution in [2.75, 3.05) is 6.54 Å². The van der Waals surface area contributed by atoms with E-state index in [-0.39, 0.29) is 24.9 Å².